The predicted octanol–water partition coefficient (Wildman–Crippen LogP) is 5.17. The number of carbonyl (C=O) groups is 1. The molecule has 2 rings (SSSR count). The fraction of sp³-hybridized carbons (Fsp3) is 0.267. The van der Waals surface area contributed by atoms with Crippen LogP contribution in [0.1, 0.15) is 27.7 Å². The van der Waals surface area contributed by atoms with Crippen LogP contribution in [0.2, 0.25) is 0 Å². The quantitative estimate of drug-likeness (QED) is 0.605. The van der Waals surface area contributed by atoms with Gasteiger partial charge >= 0.3 is 0 Å². The summed E-state index contributed by atoms with van der Waals surface area (Å²) in [6.45, 7) is 13.4. The van der Waals surface area contributed by atoms with Crippen molar-refractivity contribution in [1.29, 1.82) is 0 Å². The molecule has 2 aromatic rings. The second-order valence-corrected chi connectivity index (χ2v) is 3.61. The smallest absolute Gasteiger partial charge is 0.0342 e. The number of Topliss-reactive ketones (excluding diaryl/α,β-unsaturated/α-hetero) is 1. The van der Waals surface area contributed by atoms with Crippen LogP contribution in [0.15, 0.2) is 35.7 Å². The van der Waals surface area contributed by atoms with E-state index in [0.29, 0.717) is 0 Å². The Hall–Kier alpha value is -0.176. The van der Waals surface area contributed by atoms with Gasteiger partial charge in [0, 0.05) is 37.4 Å². The van der Waals surface area contributed by atoms with Gasteiger partial charge in [-0.3, -0.25) is 0 Å². The van der Waals surface area contributed by atoms with Crippen molar-refractivity contribution in [2.45, 2.75) is 27.7 Å². The van der Waals surface area contributed by atoms with Crippen LogP contribution in [0.4, 0.5) is 0 Å². The average Bonchev–Trinajstić information content (AvgIpc) is 2.81. The van der Waals surface area contributed by atoms with Crippen LogP contribution >= 0.6 is 11.3 Å². The normalized spacial score (nSPS) is 7.17. The van der Waals surface area contributed by atoms with Crippen LogP contribution < -0.4 is 0 Å². The van der Waals surface area contributed by atoms with Gasteiger partial charge in [-0.2, -0.15) is 6.92 Å². The van der Waals surface area contributed by atoms with E-state index < -0.39 is 0 Å². The minimum absolute atomic E-state index is 0. The molecule has 0 spiro atoms. The van der Waals surface area contributed by atoms with Gasteiger partial charge in [-0.1, -0.05) is 32.0 Å². The molecule has 1 aromatic carbocycles. The molecule has 0 atom stereocenters. The SMILES string of the molecule is CC.[CH2-]C.[CH2-]C(C)=O.[Y].c1ccc2sccc2c1. The van der Waals surface area contributed by atoms with Gasteiger partial charge in [0.05, 0.1) is 0 Å². The first-order chi connectivity index (χ1) is 8.20. The molecule has 0 saturated carbocycles. The summed E-state index contributed by atoms with van der Waals surface area (Å²) in [4.78, 5) is 9.33. The molecule has 1 nitrogen and oxygen atoms in total. The fourth-order valence-corrected chi connectivity index (χ4v) is 1.70. The van der Waals surface area contributed by atoms with Crippen molar-refractivity contribution in [1.82, 2.24) is 0 Å². The summed E-state index contributed by atoms with van der Waals surface area (Å²) in [7, 11) is 0. The summed E-state index contributed by atoms with van der Waals surface area (Å²) in [5, 5.41) is 3.47. The topological polar surface area (TPSA) is 17.1 Å². The van der Waals surface area contributed by atoms with E-state index in [9.17, 15) is 4.79 Å². The first kappa shape index (κ1) is 23.0. The maximum atomic E-state index is 9.33. The van der Waals surface area contributed by atoms with Crippen LogP contribution in [0.3, 0.4) is 0 Å². The molecule has 0 bridgehead atoms. The van der Waals surface area contributed by atoms with E-state index in [0.717, 1.165) is 0 Å². The van der Waals surface area contributed by atoms with E-state index >= 15 is 0 Å². The number of benzene rings is 1. The number of hydrogen-bond acceptors (Lipinski definition) is 2. The molecule has 18 heavy (non-hydrogen) atoms. The summed E-state index contributed by atoms with van der Waals surface area (Å²) in [5.74, 6) is -0.0833. The maximum absolute atomic E-state index is 9.33. The van der Waals surface area contributed by atoms with Crippen LogP contribution in [-0.2, 0) is 37.5 Å². The molecule has 0 amide bonds. The van der Waals surface area contributed by atoms with E-state index in [1.54, 1.807) is 18.3 Å². The van der Waals surface area contributed by atoms with E-state index in [4.69, 9.17) is 0 Å². The van der Waals surface area contributed by atoms with Gasteiger partial charge in [-0.05, 0) is 35.6 Å². The van der Waals surface area contributed by atoms with Gasteiger partial charge in [0.25, 0.3) is 0 Å². The van der Waals surface area contributed by atoms with E-state index in [-0.39, 0.29) is 38.5 Å². The number of thiophene rings is 1. The molecular formula is C15H22OSY-2. The Morgan fingerprint density at radius 2 is 1.56 bits per heavy atom. The van der Waals surface area contributed by atoms with Gasteiger partial charge in [0.1, 0.15) is 0 Å². The zero-order chi connectivity index (χ0) is 13.7. The minimum Gasteiger partial charge on any atom is -0.346 e. The third-order valence-electron chi connectivity index (χ3n) is 1.36. The van der Waals surface area contributed by atoms with E-state index in [1.165, 1.54) is 17.0 Å². The second-order valence-electron chi connectivity index (χ2n) is 2.66. The van der Waals surface area contributed by atoms with Crippen molar-refractivity contribution < 1.29 is 37.5 Å². The van der Waals surface area contributed by atoms with Crippen LogP contribution in [-0.4, -0.2) is 5.78 Å². The molecule has 99 valence electrons. The first-order valence-corrected chi connectivity index (χ1v) is 6.53. The van der Waals surface area contributed by atoms with Gasteiger partial charge in [-0.25, -0.2) is 0 Å². The number of hydrogen-bond donors (Lipinski definition) is 0. The van der Waals surface area contributed by atoms with Crippen molar-refractivity contribution in [2.75, 3.05) is 0 Å². The van der Waals surface area contributed by atoms with Gasteiger partial charge < -0.3 is 18.6 Å². The summed E-state index contributed by atoms with van der Waals surface area (Å²) in [5.41, 5.74) is 0. The van der Waals surface area contributed by atoms with Crippen LogP contribution in [0.5, 0.6) is 0 Å². The Kier molecular flexibility index (Phi) is 21.5. The number of carbonyl (C=O) groups excluding carboxylic acids is 1. The Bertz CT molecular complexity index is 362. The summed E-state index contributed by atoms with van der Waals surface area (Å²) >= 11 is 1.79. The van der Waals surface area contributed by atoms with Gasteiger partial charge in [0.15, 0.2) is 0 Å². The Labute approximate surface area is 141 Å². The molecule has 3 heteroatoms. The standard InChI is InChI=1S/C8H6S.C3H5O.C2H6.C2H5.Y/c1-2-4-8-7(3-1)5-6-9-8;1-3(2)4;2*1-2;/h1-6H;1H2,2H3;1-2H3;1H2,2H3;/q;-1;;-1;. The van der Waals surface area contributed by atoms with Gasteiger partial charge in [-0.15, -0.1) is 11.3 Å². The Balaban J connectivity index is -0.000000218. The summed E-state index contributed by atoms with van der Waals surface area (Å²) in [6.07, 6.45) is 0. The largest absolute Gasteiger partial charge is 0.346 e. The molecule has 1 heterocycles. The molecule has 0 aliphatic carbocycles. The molecule has 0 N–H and O–H groups in total. The monoisotopic (exact) mass is 339 g/mol. The zero-order valence-electron chi connectivity index (χ0n) is 11.8. The van der Waals surface area contributed by atoms with Crippen molar-refractivity contribution in [3.8, 4) is 0 Å². The molecule has 1 radical (unpaired) electrons. The number of fused-ring (bicyclic) bond motifs is 1. The number of rotatable bonds is 0. The summed E-state index contributed by atoms with van der Waals surface area (Å²) < 4.78 is 1.37. The van der Waals surface area contributed by atoms with Crippen molar-refractivity contribution in [2.24, 2.45) is 0 Å². The molecular weight excluding hydrogens is 317 g/mol. The van der Waals surface area contributed by atoms with Crippen molar-refractivity contribution in [3.05, 3.63) is 49.6 Å². The molecule has 0 aliphatic rings. The Morgan fingerprint density at radius 3 is 2.00 bits per heavy atom. The predicted molar refractivity (Wildman–Crippen MR) is 80.2 cm³/mol. The van der Waals surface area contributed by atoms with Crippen molar-refractivity contribution >= 4 is 27.2 Å². The van der Waals surface area contributed by atoms with Crippen molar-refractivity contribution in [3.63, 3.8) is 0 Å². The van der Waals surface area contributed by atoms with E-state index in [1.807, 2.05) is 13.8 Å². The molecule has 0 unspecified atom stereocenters. The average molecular weight is 339 g/mol. The molecule has 0 fully saturated rings. The van der Waals surface area contributed by atoms with Crippen LogP contribution in [0, 0.1) is 13.8 Å². The third-order valence-corrected chi connectivity index (χ3v) is 2.26. The maximum Gasteiger partial charge on any atom is 0.0342 e. The first-order valence-electron chi connectivity index (χ1n) is 5.65. The fourth-order valence-electron chi connectivity index (χ4n) is 0.906. The third kappa shape index (κ3) is 12.3. The second kappa shape index (κ2) is 16.8. The molecule has 0 saturated heterocycles. The zero-order valence-corrected chi connectivity index (χ0v) is 15.4. The number of ketones is 1. The minimum atomic E-state index is -0.0833. The Morgan fingerprint density at radius 1 is 1.11 bits per heavy atom. The van der Waals surface area contributed by atoms with E-state index in [2.05, 4.69) is 49.6 Å². The van der Waals surface area contributed by atoms with Crippen LogP contribution in [0.25, 0.3) is 10.1 Å². The molecule has 0 aliphatic heterocycles. The van der Waals surface area contributed by atoms with Gasteiger partial charge in [0.2, 0.25) is 0 Å². The molecule has 1 aromatic heterocycles. The summed E-state index contributed by atoms with van der Waals surface area (Å²) in [6, 6.07) is 10.5.